The van der Waals surface area contributed by atoms with Crippen molar-refractivity contribution in [1.29, 1.82) is 0 Å². The molecule has 138 valence electrons. The molecular weight excluding hydrogens is 340 g/mol. The van der Waals surface area contributed by atoms with E-state index in [0.717, 1.165) is 5.56 Å². The molecular formula is C22H22N2O3. The number of carbonyl (C=O) groups excluding carboxylic acids is 3. The zero-order chi connectivity index (χ0) is 19.1. The predicted octanol–water partition coefficient (Wildman–Crippen LogP) is 4.16. The number of nitrogens with zero attached hydrogens (tertiary/aromatic N) is 1. The number of nitrogens with one attached hydrogen (secondary N) is 1. The Labute approximate surface area is 158 Å². The summed E-state index contributed by atoms with van der Waals surface area (Å²) in [6, 6.07) is 16.7. The summed E-state index contributed by atoms with van der Waals surface area (Å²) < 4.78 is 0. The second-order valence-corrected chi connectivity index (χ2v) is 6.42. The van der Waals surface area contributed by atoms with E-state index < -0.39 is 0 Å². The van der Waals surface area contributed by atoms with Crippen LogP contribution in [-0.4, -0.2) is 17.7 Å². The molecule has 2 aromatic carbocycles. The van der Waals surface area contributed by atoms with Crippen LogP contribution in [0.5, 0.6) is 0 Å². The van der Waals surface area contributed by atoms with Crippen molar-refractivity contribution >= 4 is 35.2 Å². The maximum absolute atomic E-state index is 12.1. The van der Waals surface area contributed by atoms with E-state index in [1.165, 1.54) is 4.90 Å². The van der Waals surface area contributed by atoms with Gasteiger partial charge in [-0.2, -0.15) is 0 Å². The summed E-state index contributed by atoms with van der Waals surface area (Å²) in [6.45, 7) is 0. The van der Waals surface area contributed by atoms with Gasteiger partial charge in [0.2, 0.25) is 17.7 Å². The van der Waals surface area contributed by atoms with Gasteiger partial charge >= 0.3 is 0 Å². The van der Waals surface area contributed by atoms with E-state index in [1.54, 1.807) is 24.3 Å². The van der Waals surface area contributed by atoms with Gasteiger partial charge in [0, 0.05) is 24.9 Å². The Morgan fingerprint density at radius 1 is 0.963 bits per heavy atom. The van der Waals surface area contributed by atoms with Crippen LogP contribution in [0.1, 0.15) is 37.7 Å². The van der Waals surface area contributed by atoms with Gasteiger partial charge in [0.15, 0.2) is 0 Å². The SMILES string of the molecule is O=C(CC/C=C/c1ccccc1)Nc1ccc(N2C(=O)CCCC2=O)cc1. The average molecular weight is 362 g/mol. The van der Waals surface area contributed by atoms with Crippen molar-refractivity contribution in [3.63, 3.8) is 0 Å². The van der Waals surface area contributed by atoms with Gasteiger partial charge < -0.3 is 5.32 Å². The molecule has 1 N–H and O–H groups in total. The molecule has 2 aromatic rings. The first-order valence-electron chi connectivity index (χ1n) is 9.11. The highest BCUT2D eigenvalue weighted by molar-refractivity contribution is 6.16. The minimum absolute atomic E-state index is 0.0782. The largest absolute Gasteiger partial charge is 0.326 e. The van der Waals surface area contributed by atoms with E-state index >= 15 is 0 Å². The van der Waals surface area contributed by atoms with E-state index in [4.69, 9.17) is 0 Å². The highest BCUT2D eigenvalue weighted by Gasteiger charge is 2.27. The molecule has 0 aliphatic carbocycles. The van der Waals surface area contributed by atoms with Crippen LogP contribution < -0.4 is 10.2 Å². The Bertz CT molecular complexity index is 826. The highest BCUT2D eigenvalue weighted by atomic mass is 16.2. The van der Waals surface area contributed by atoms with Gasteiger partial charge in [0.25, 0.3) is 0 Å². The Morgan fingerprint density at radius 2 is 1.63 bits per heavy atom. The molecule has 0 radical (unpaired) electrons. The predicted molar refractivity (Wildman–Crippen MR) is 106 cm³/mol. The summed E-state index contributed by atoms with van der Waals surface area (Å²) in [7, 11) is 0. The van der Waals surface area contributed by atoms with Crippen LogP contribution in [0.3, 0.4) is 0 Å². The molecule has 1 aliphatic rings. The molecule has 0 aromatic heterocycles. The molecule has 0 spiro atoms. The van der Waals surface area contributed by atoms with Crippen LogP contribution >= 0.6 is 0 Å². The van der Waals surface area contributed by atoms with Crippen molar-refractivity contribution in [3.8, 4) is 0 Å². The number of benzene rings is 2. The number of amides is 3. The molecule has 5 nitrogen and oxygen atoms in total. The van der Waals surface area contributed by atoms with E-state index in [9.17, 15) is 14.4 Å². The van der Waals surface area contributed by atoms with Crippen molar-refractivity contribution < 1.29 is 14.4 Å². The van der Waals surface area contributed by atoms with Gasteiger partial charge in [-0.25, -0.2) is 0 Å². The molecule has 3 rings (SSSR count). The standard InChI is InChI=1S/C22H22N2O3/c25-20(10-5-4-9-17-7-2-1-3-8-17)23-18-13-15-19(16-14-18)24-21(26)11-6-12-22(24)27/h1-4,7-9,13-16H,5-6,10-12H2,(H,23,25)/b9-4+. The highest BCUT2D eigenvalue weighted by Crippen LogP contribution is 2.23. The zero-order valence-electron chi connectivity index (χ0n) is 15.1. The Morgan fingerprint density at radius 3 is 2.30 bits per heavy atom. The van der Waals surface area contributed by atoms with Crippen LogP contribution in [0.2, 0.25) is 0 Å². The number of rotatable bonds is 6. The number of imide groups is 1. The third-order valence-electron chi connectivity index (χ3n) is 4.34. The van der Waals surface area contributed by atoms with E-state index in [1.807, 2.05) is 42.5 Å². The van der Waals surface area contributed by atoms with Gasteiger partial charge in [-0.05, 0) is 42.7 Å². The maximum atomic E-state index is 12.1. The fourth-order valence-corrected chi connectivity index (χ4v) is 2.96. The summed E-state index contributed by atoms with van der Waals surface area (Å²) in [4.78, 5) is 37.2. The fraction of sp³-hybridized carbons (Fsp3) is 0.227. The topological polar surface area (TPSA) is 66.5 Å². The second-order valence-electron chi connectivity index (χ2n) is 6.42. The van der Waals surface area contributed by atoms with Crippen LogP contribution in [0.25, 0.3) is 6.08 Å². The lowest BCUT2D eigenvalue weighted by Gasteiger charge is -2.24. The molecule has 1 aliphatic heterocycles. The van der Waals surface area contributed by atoms with Gasteiger partial charge in [-0.15, -0.1) is 0 Å². The zero-order valence-corrected chi connectivity index (χ0v) is 15.1. The molecule has 0 saturated carbocycles. The molecule has 1 fully saturated rings. The summed E-state index contributed by atoms with van der Waals surface area (Å²) in [5.41, 5.74) is 2.30. The normalized spacial score (nSPS) is 14.6. The molecule has 0 bridgehead atoms. The number of hydrogen-bond acceptors (Lipinski definition) is 3. The summed E-state index contributed by atoms with van der Waals surface area (Å²) >= 11 is 0. The second kappa shape index (κ2) is 8.94. The Kier molecular flexibility index (Phi) is 6.15. The quantitative estimate of drug-likeness (QED) is 0.785. The van der Waals surface area contributed by atoms with Gasteiger partial charge in [-0.3, -0.25) is 19.3 Å². The van der Waals surface area contributed by atoms with Crippen molar-refractivity contribution in [2.45, 2.75) is 32.1 Å². The fourth-order valence-electron chi connectivity index (χ4n) is 2.96. The molecule has 1 heterocycles. The number of hydrogen-bond donors (Lipinski definition) is 1. The molecule has 0 atom stereocenters. The van der Waals surface area contributed by atoms with E-state index in [0.29, 0.717) is 43.5 Å². The molecule has 27 heavy (non-hydrogen) atoms. The molecule has 0 unspecified atom stereocenters. The first-order valence-corrected chi connectivity index (χ1v) is 9.11. The lowest BCUT2D eigenvalue weighted by molar-refractivity contribution is -0.129. The number of allylic oxidation sites excluding steroid dienone is 1. The van der Waals surface area contributed by atoms with Crippen molar-refractivity contribution in [2.75, 3.05) is 10.2 Å². The van der Waals surface area contributed by atoms with Gasteiger partial charge in [0.1, 0.15) is 0 Å². The lowest BCUT2D eigenvalue weighted by Crippen LogP contribution is -2.40. The van der Waals surface area contributed by atoms with E-state index in [-0.39, 0.29) is 17.7 Å². The van der Waals surface area contributed by atoms with Crippen LogP contribution in [-0.2, 0) is 14.4 Å². The van der Waals surface area contributed by atoms with Crippen LogP contribution in [0.4, 0.5) is 11.4 Å². The van der Waals surface area contributed by atoms with Crippen molar-refractivity contribution in [3.05, 3.63) is 66.2 Å². The number of anilines is 2. The molecule has 1 saturated heterocycles. The van der Waals surface area contributed by atoms with Crippen LogP contribution in [0, 0.1) is 0 Å². The smallest absolute Gasteiger partial charge is 0.233 e. The van der Waals surface area contributed by atoms with Crippen molar-refractivity contribution in [2.24, 2.45) is 0 Å². The lowest BCUT2D eigenvalue weighted by atomic mass is 10.1. The summed E-state index contributed by atoms with van der Waals surface area (Å²) in [5, 5.41) is 2.83. The third-order valence-corrected chi connectivity index (χ3v) is 4.34. The number of carbonyl (C=O) groups is 3. The van der Waals surface area contributed by atoms with Crippen molar-refractivity contribution in [1.82, 2.24) is 0 Å². The maximum Gasteiger partial charge on any atom is 0.233 e. The van der Waals surface area contributed by atoms with Crippen LogP contribution in [0.15, 0.2) is 60.7 Å². The summed E-state index contributed by atoms with van der Waals surface area (Å²) in [6.07, 6.45) is 6.40. The molecule has 5 heteroatoms. The average Bonchev–Trinajstić information content (AvgIpc) is 2.67. The first-order chi connectivity index (χ1) is 13.1. The Balaban J connectivity index is 1.50. The molecule has 3 amide bonds. The summed E-state index contributed by atoms with van der Waals surface area (Å²) in [5.74, 6) is -0.424. The number of piperidine rings is 1. The minimum Gasteiger partial charge on any atom is -0.326 e. The monoisotopic (exact) mass is 362 g/mol. The minimum atomic E-state index is -0.173. The Hall–Kier alpha value is -3.21. The first kappa shape index (κ1) is 18.6. The third kappa shape index (κ3) is 5.14. The van der Waals surface area contributed by atoms with Gasteiger partial charge in [0.05, 0.1) is 5.69 Å². The van der Waals surface area contributed by atoms with Gasteiger partial charge in [-0.1, -0.05) is 42.5 Å². The van der Waals surface area contributed by atoms with E-state index in [2.05, 4.69) is 5.32 Å².